The van der Waals surface area contributed by atoms with Gasteiger partial charge in [-0.1, -0.05) is 18.2 Å². The number of benzene rings is 2. The number of H-pyrrole nitrogens is 1. The second kappa shape index (κ2) is 7.52. The van der Waals surface area contributed by atoms with Crippen molar-refractivity contribution in [2.75, 3.05) is 20.8 Å². The number of hydrogen-bond donors (Lipinski definition) is 1. The van der Waals surface area contributed by atoms with Crippen LogP contribution in [-0.4, -0.2) is 36.6 Å². The van der Waals surface area contributed by atoms with Crippen LogP contribution in [0.4, 0.5) is 0 Å². The number of nitrogens with zero attached hydrogens (tertiary/aromatic N) is 1. The summed E-state index contributed by atoms with van der Waals surface area (Å²) >= 11 is 0. The van der Waals surface area contributed by atoms with Crippen LogP contribution in [0.2, 0.25) is 0 Å². The number of methoxy groups -OCH3 is 2. The lowest BCUT2D eigenvalue weighted by molar-refractivity contribution is 0.0747. The van der Waals surface area contributed by atoms with E-state index in [2.05, 4.69) is 11.1 Å². The molecule has 3 aromatic rings. The van der Waals surface area contributed by atoms with E-state index in [1.54, 1.807) is 19.1 Å². The standard InChI is InChI=1S/C21H24N2O3/c1-5-23(13-15-7-9-19(25-3)20(11-15)26-4)21(24)18-12-16-8-6-14(2)10-17(16)22-18/h6-12,22H,5,13H2,1-4H3. The van der Waals surface area contributed by atoms with E-state index in [4.69, 9.17) is 9.47 Å². The maximum atomic E-state index is 13.0. The fourth-order valence-corrected chi connectivity index (χ4v) is 3.05. The Balaban J connectivity index is 1.84. The summed E-state index contributed by atoms with van der Waals surface area (Å²) in [6, 6.07) is 13.8. The first-order valence-corrected chi connectivity index (χ1v) is 8.65. The number of carbonyl (C=O) groups is 1. The topological polar surface area (TPSA) is 54.6 Å². The zero-order chi connectivity index (χ0) is 18.7. The van der Waals surface area contributed by atoms with Gasteiger partial charge < -0.3 is 19.4 Å². The Morgan fingerprint density at radius 3 is 2.50 bits per heavy atom. The van der Waals surface area contributed by atoms with Crippen molar-refractivity contribution in [3.05, 3.63) is 59.3 Å². The smallest absolute Gasteiger partial charge is 0.270 e. The summed E-state index contributed by atoms with van der Waals surface area (Å²) in [5, 5.41) is 1.04. The van der Waals surface area contributed by atoms with Gasteiger partial charge >= 0.3 is 0 Å². The van der Waals surface area contributed by atoms with Crippen LogP contribution in [0, 0.1) is 6.92 Å². The molecule has 0 bridgehead atoms. The van der Waals surface area contributed by atoms with Crippen molar-refractivity contribution in [1.29, 1.82) is 0 Å². The summed E-state index contributed by atoms with van der Waals surface area (Å²) in [5.74, 6) is 1.32. The Kier molecular flexibility index (Phi) is 5.16. The van der Waals surface area contributed by atoms with E-state index in [1.807, 2.05) is 50.2 Å². The number of hydrogen-bond acceptors (Lipinski definition) is 3. The number of carbonyl (C=O) groups excluding carboxylic acids is 1. The quantitative estimate of drug-likeness (QED) is 0.725. The Morgan fingerprint density at radius 1 is 1.04 bits per heavy atom. The van der Waals surface area contributed by atoms with E-state index in [0.717, 1.165) is 22.0 Å². The van der Waals surface area contributed by atoms with Gasteiger partial charge in [0.05, 0.1) is 14.2 Å². The van der Waals surface area contributed by atoms with Gasteiger partial charge in [0.2, 0.25) is 0 Å². The fraction of sp³-hybridized carbons (Fsp3) is 0.286. The molecule has 1 N–H and O–H groups in total. The molecule has 5 heteroatoms. The minimum absolute atomic E-state index is 0.0175. The monoisotopic (exact) mass is 352 g/mol. The molecule has 0 fully saturated rings. The van der Waals surface area contributed by atoms with Crippen LogP contribution in [0.25, 0.3) is 10.9 Å². The highest BCUT2D eigenvalue weighted by Crippen LogP contribution is 2.28. The highest BCUT2D eigenvalue weighted by Gasteiger charge is 2.17. The van der Waals surface area contributed by atoms with Crippen molar-refractivity contribution in [1.82, 2.24) is 9.88 Å². The number of amides is 1. The molecular formula is C21H24N2O3. The molecule has 26 heavy (non-hydrogen) atoms. The zero-order valence-electron chi connectivity index (χ0n) is 15.6. The maximum Gasteiger partial charge on any atom is 0.270 e. The third-order valence-corrected chi connectivity index (χ3v) is 4.50. The molecule has 0 aliphatic carbocycles. The van der Waals surface area contributed by atoms with Gasteiger partial charge in [0.1, 0.15) is 5.69 Å². The van der Waals surface area contributed by atoms with Crippen molar-refractivity contribution in [3.8, 4) is 11.5 Å². The SMILES string of the molecule is CCN(Cc1ccc(OC)c(OC)c1)C(=O)c1cc2ccc(C)cc2[nH]1. The highest BCUT2D eigenvalue weighted by atomic mass is 16.5. The Labute approximate surface area is 153 Å². The van der Waals surface area contributed by atoms with E-state index in [-0.39, 0.29) is 5.91 Å². The number of aromatic nitrogens is 1. The lowest BCUT2D eigenvalue weighted by Gasteiger charge is -2.21. The summed E-state index contributed by atoms with van der Waals surface area (Å²) in [6.07, 6.45) is 0. The molecule has 0 spiro atoms. The van der Waals surface area contributed by atoms with Gasteiger partial charge in [-0.2, -0.15) is 0 Å². The Morgan fingerprint density at radius 2 is 1.81 bits per heavy atom. The molecule has 1 amide bonds. The van der Waals surface area contributed by atoms with E-state index in [1.165, 1.54) is 0 Å². The molecule has 0 radical (unpaired) electrons. The van der Waals surface area contributed by atoms with Crippen LogP contribution >= 0.6 is 0 Å². The molecular weight excluding hydrogens is 328 g/mol. The van der Waals surface area contributed by atoms with Gasteiger partial charge in [-0.15, -0.1) is 0 Å². The molecule has 136 valence electrons. The molecule has 0 atom stereocenters. The predicted octanol–water partition coefficient (Wildman–Crippen LogP) is 4.16. The normalized spacial score (nSPS) is 10.8. The van der Waals surface area contributed by atoms with Gasteiger partial charge in [-0.3, -0.25) is 4.79 Å². The molecule has 5 nitrogen and oxygen atoms in total. The van der Waals surface area contributed by atoms with Gasteiger partial charge in [-0.25, -0.2) is 0 Å². The van der Waals surface area contributed by atoms with Crippen LogP contribution < -0.4 is 9.47 Å². The minimum Gasteiger partial charge on any atom is -0.493 e. The van der Waals surface area contributed by atoms with E-state index in [0.29, 0.717) is 30.3 Å². The molecule has 0 unspecified atom stereocenters. The van der Waals surface area contributed by atoms with E-state index < -0.39 is 0 Å². The second-order valence-electron chi connectivity index (χ2n) is 6.28. The lowest BCUT2D eigenvalue weighted by atomic mass is 10.1. The number of rotatable bonds is 6. The number of aryl methyl sites for hydroxylation is 1. The van der Waals surface area contributed by atoms with Crippen molar-refractivity contribution < 1.29 is 14.3 Å². The molecule has 0 saturated heterocycles. The molecule has 3 rings (SSSR count). The predicted molar refractivity (Wildman–Crippen MR) is 103 cm³/mol. The fourth-order valence-electron chi connectivity index (χ4n) is 3.05. The zero-order valence-corrected chi connectivity index (χ0v) is 15.6. The third kappa shape index (κ3) is 3.52. The van der Waals surface area contributed by atoms with Gasteiger partial charge in [0.25, 0.3) is 5.91 Å². The number of nitrogens with one attached hydrogen (secondary N) is 1. The summed E-state index contributed by atoms with van der Waals surface area (Å²) in [6.45, 7) is 5.13. The average molecular weight is 352 g/mol. The summed E-state index contributed by atoms with van der Waals surface area (Å²) < 4.78 is 10.6. The van der Waals surface area contributed by atoms with Gasteiger partial charge in [-0.05, 0) is 49.2 Å². The molecule has 0 saturated carbocycles. The number of fused-ring (bicyclic) bond motifs is 1. The van der Waals surface area contributed by atoms with E-state index in [9.17, 15) is 4.79 Å². The minimum atomic E-state index is -0.0175. The summed E-state index contributed by atoms with van der Waals surface area (Å²) in [5.41, 5.74) is 3.74. The molecule has 1 heterocycles. The summed E-state index contributed by atoms with van der Waals surface area (Å²) in [4.78, 5) is 18.0. The van der Waals surface area contributed by atoms with E-state index >= 15 is 0 Å². The van der Waals surface area contributed by atoms with Crippen molar-refractivity contribution in [3.63, 3.8) is 0 Å². The first kappa shape index (κ1) is 17.9. The average Bonchev–Trinajstić information content (AvgIpc) is 3.08. The number of ether oxygens (including phenoxy) is 2. The Bertz CT molecular complexity index is 930. The first-order chi connectivity index (χ1) is 12.5. The molecule has 0 aliphatic rings. The van der Waals surface area contributed by atoms with Crippen LogP contribution in [0.5, 0.6) is 11.5 Å². The first-order valence-electron chi connectivity index (χ1n) is 8.65. The number of aromatic amines is 1. The van der Waals surface area contributed by atoms with Crippen molar-refractivity contribution >= 4 is 16.8 Å². The lowest BCUT2D eigenvalue weighted by Crippen LogP contribution is -2.30. The van der Waals surface area contributed by atoms with Gasteiger partial charge in [0.15, 0.2) is 11.5 Å². The largest absolute Gasteiger partial charge is 0.493 e. The molecule has 1 aromatic heterocycles. The molecule has 0 aliphatic heterocycles. The van der Waals surface area contributed by atoms with Crippen LogP contribution in [0.15, 0.2) is 42.5 Å². The molecule has 2 aromatic carbocycles. The highest BCUT2D eigenvalue weighted by molar-refractivity contribution is 5.98. The maximum absolute atomic E-state index is 13.0. The second-order valence-corrected chi connectivity index (χ2v) is 6.28. The van der Waals surface area contributed by atoms with Crippen LogP contribution in [0.3, 0.4) is 0 Å². The summed E-state index contributed by atoms with van der Waals surface area (Å²) in [7, 11) is 3.22. The van der Waals surface area contributed by atoms with Gasteiger partial charge in [0, 0.05) is 24.0 Å². The van der Waals surface area contributed by atoms with Crippen LogP contribution in [0.1, 0.15) is 28.5 Å². The third-order valence-electron chi connectivity index (χ3n) is 4.50. The Hall–Kier alpha value is -2.95. The van der Waals surface area contributed by atoms with Crippen LogP contribution in [-0.2, 0) is 6.54 Å². The van der Waals surface area contributed by atoms with Crippen molar-refractivity contribution in [2.45, 2.75) is 20.4 Å². The van der Waals surface area contributed by atoms with Crippen molar-refractivity contribution in [2.24, 2.45) is 0 Å².